The van der Waals surface area contributed by atoms with Gasteiger partial charge in [0.1, 0.15) is 0 Å². The predicted molar refractivity (Wildman–Crippen MR) is 93.8 cm³/mol. The number of benzene rings is 1. The average Bonchev–Trinajstić information content (AvgIpc) is 2.54. The number of anilines is 1. The second-order valence-electron chi connectivity index (χ2n) is 5.65. The van der Waals surface area contributed by atoms with Crippen molar-refractivity contribution >= 4 is 35.0 Å². The number of hydrogen-bond acceptors (Lipinski definition) is 4. The van der Waals surface area contributed by atoms with Crippen LogP contribution in [0.4, 0.5) is 5.69 Å². The molecule has 1 heterocycles. The summed E-state index contributed by atoms with van der Waals surface area (Å²) in [6.07, 6.45) is 0. The summed E-state index contributed by atoms with van der Waals surface area (Å²) in [5.74, 6) is 1.77. The Balaban J connectivity index is 1.76. The number of rotatable bonds is 6. The van der Waals surface area contributed by atoms with Crippen molar-refractivity contribution in [1.82, 2.24) is 4.90 Å². The highest BCUT2D eigenvalue weighted by Crippen LogP contribution is 2.21. The van der Waals surface area contributed by atoms with Crippen LogP contribution in [0.1, 0.15) is 6.92 Å². The van der Waals surface area contributed by atoms with Gasteiger partial charge in [-0.1, -0.05) is 24.6 Å². The van der Waals surface area contributed by atoms with E-state index < -0.39 is 0 Å². The smallest absolute Gasteiger partial charge is 0.232 e. The van der Waals surface area contributed by atoms with Crippen molar-refractivity contribution in [3.05, 3.63) is 29.3 Å². The van der Waals surface area contributed by atoms with E-state index in [4.69, 9.17) is 16.7 Å². The first-order chi connectivity index (χ1) is 10.6. The van der Waals surface area contributed by atoms with E-state index in [0.29, 0.717) is 5.75 Å². The number of aliphatic hydroxyl groups excluding tert-OH is 1. The second kappa shape index (κ2) is 8.65. The van der Waals surface area contributed by atoms with Crippen LogP contribution in [-0.2, 0) is 4.79 Å². The van der Waals surface area contributed by atoms with E-state index in [2.05, 4.69) is 11.0 Å². The van der Waals surface area contributed by atoms with Gasteiger partial charge in [0.05, 0.1) is 5.75 Å². The molecule has 1 fully saturated rings. The molecule has 1 atom stereocenters. The molecular weight excluding hydrogens is 320 g/mol. The number of halogens is 1. The Morgan fingerprint density at radius 2 is 2.09 bits per heavy atom. The zero-order chi connectivity index (χ0) is 15.9. The standard InChI is InChI=1S/C16H23ClN2O2S/c1-13(10-20)11-22-12-16(21)19-7-5-18(6-8-19)15-4-2-3-14(17)9-15/h2-4,9,13,20H,5-8,10-12H2,1H3. The van der Waals surface area contributed by atoms with Crippen molar-refractivity contribution in [3.8, 4) is 0 Å². The highest BCUT2D eigenvalue weighted by molar-refractivity contribution is 7.99. The molecule has 0 aromatic heterocycles. The zero-order valence-corrected chi connectivity index (χ0v) is 14.4. The Kier molecular flexibility index (Phi) is 6.86. The Morgan fingerprint density at radius 1 is 1.36 bits per heavy atom. The third kappa shape index (κ3) is 5.07. The van der Waals surface area contributed by atoms with E-state index in [1.54, 1.807) is 11.8 Å². The maximum atomic E-state index is 12.2. The third-order valence-electron chi connectivity index (χ3n) is 3.75. The Hall–Kier alpha value is -0.910. The second-order valence-corrected chi connectivity index (χ2v) is 7.12. The Morgan fingerprint density at radius 3 is 2.73 bits per heavy atom. The molecular formula is C16H23ClN2O2S. The minimum atomic E-state index is 0.180. The van der Waals surface area contributed by atoms with Crippen molar-refractivity contribution in [2.24, 2.45) is 5.92 Å². The molecule has 1 aliphatic rings. The summed E-state index contributed by atoms with van der Waals surface area (Å²) in [6, 6.07) is 7.84. The normalized spacial score (nSPS) is 16.7. The molecule has 1 saturated heterocycles. The van der Waals surface area contributed by atoms with E-state index >= 15 is 0 Å². The van der Waals surface area contributed by atoms with Crippen molar-refractivity contribution in [3.63, 3.8) is 0 Å². The number of piperazine rings is 1. The molecule has 0 aliphatic carbocycles. The maximum Gasteiger partial charge on any atom is 0.232 e. The quantitative estimate of drug-likeness (QED) is 0.862. The Labute approximate surface area is 141 Å². The number of carbonyl (C=O) groups is 1. The van der Waals surface area contributed by atoms with Crippen molar-refractivity contribution < 1.29 is 9.90 Å². The van der Waals surface area contributed by atoms with E-state index in [0.717, 1.165) is 42.6 Å². The monoisotopic (exact) mass is 342 g/mol. The lowest BCUT2D eigenvalue weighted by Crippen LogP contribution is -2.49. The molecule has 1 aliphatic heterocycles. The molecule has 1 amide bonds. The number of carbonyl (C=O) groups excluding carboxylic acids is 1. The number of thioether (sulfide) groups is 1. The van der Waals surface area contributed by atoms with Crippen LogP contribution in [-0.4, -0.2) is 60.2 Å². The van der Waals surface area contributed by atoms with Crippen molar-refractivity contribution in [2.45, 2.75) is 6.92 Å². The molecule has 1 N–H and O–H groups in total. The SMILES string of the molecule is CC(CO)CSCC(=O)N1CCN(c2cccc(Cl)c2)CC1. The molecule has 0 spiro atoms. The predicted octanol–water partition coefficient (Wildman–Crippen LogP) is 2.35. The average molecular weight is 343 g/mol. The number of hydrogen-bond donors (Lipinski definition) is 1. The van der Waals surface area contributed by atoms with E-state index in [-0.39, 0.29) is 18.4 Å². The fourth-order valence-corrected chi connectivity index (χ4v) is 3.55. The van der Waals surface area contributed by atoms with E-state index in [1.165, 1.54) is 0 Å². The lowest BCUT2D eigenvalue weighted by molar-refractivity contribution is -0.128. The molecule has 22 heavy (non-hydrogen) atoms. The molecule has 0 bridgehead atoms. The van der Waals surface area contributed by atoms with Crippen LogP contribution < -0.4 is 4.90 Å². The zero-order valence-electron chi connectivity index (χ0n) is 12.9. The van der Waals surface area contributed by atoms with Gasteiger partial charge < -0.3 is 14.9 Å². The molecule has 1 unspecified atom stereocenters. The highest BCUT2D eigenvalue weighted by atomic mass is 35.5. The van der Waals surface area contributed by atoms with Gasteiger partial charge in [0.25, 0.3) is 0 Å². The first-order valence-electron chi connectivity index (χ1n) is 7.57. The minimum absolute atomic E-state index is 0.180. The lowest BCUT2D eigenvalue weighted by Gasteiger charge is -2.36. The first kappa shape index (κ1) is 17.4. The van der Waals surface area contributed by atoms with Crippen LogP contribution >= 0.6 is 23.4 Å². The maximum absolute atomic E-state index is 12.2. The van der Waals surface area contributed by atoms with Gasteiger partial charge in [-0.25, -0.2) is 0 Å². The van der Waals surface area contributed by atoms with Gasteiger partial charge in [-0.15, -0.1) is 0 Å². The molecule has 122 valence electrons. The van der Waals surface area contributed by atoms with Crippen LogP contribution in [0.3, 0.4) is 0 Å². The van der Waals surface area contributed by atoms with Gasteiger partial charge >= 0.3 is 0 Å². The van der Waals surface area contributed by atoms with Gasteiger partial charge in [0.2, 0.25) is 5.91 Å². The van der Waals surface area contributed by atoms with Crippen LogP contribution in [0.15, 0.2) is 24.3 Å². The fourth-order valence-electron chi connectivity index (χ4n) is 2.38. The summed E-state index contributed by atoms with van der Waals surface area (Å²) >= 11 is 7.63. The molecule has 6 heteroatoms. The molecule has 1 aromatic carbocycles. The largest absolute Gasteiger partial charge is 0.396 e. The van der Waals surface area contributed by atoms with Crippen LogP contribution in [0.5, 0.6) is 0 Å². The number of nitrogens with zero attached hydrogens (tertiary/aromatic N) is 2. The summed E-state index contributed by atoms with van der Waals surface area (Å²) in [4.78, 5) is 16.4. The van der Waals surface area contributed by atoms with Crippen molar-refractivity contribution in [2.75, 3.05) is 49.2 Å². The Bertz CT molecular complexity index is 493. The van der Waals surface area contributed by atoms with Gasteiger partial charge in [0.15, 0.2) is 0 Å². The van der Waals surface area contributed by atoms with Crippen LogP contribution in [0.25, 0.3) is 0 Å². The van der Waals surface area contributed by atoms with Gasteiger partial charge in [0, 0.05) is 43.5 Å². The summed E-state index contributed by atoms with van der Waals surface area (Å²) < 4.78 is 0. The molecule has 0 radical (unpaired) electrons. The molecule has 4 nitrogen and oxygen atoms in total. The first-order valence-corrected chi connectivity index (χ1v) is 9.10. The highest BCUT2D eigenvalue weighted by Gasteiger charge is 2.21. The van der Waals surface area contributed by atoms with Crippen LogP contribution in [0, 0.1) is 5.92 Å². The van der Waals surface area contributed by atoms with E-state index in [9.17, 15) is 4.79 Å². The molecule has 2 rings (SSSR count). The fraction of sp³-hybridized carbons (Fsp3) is 0.562. The minimum Gasteiger partial charge on any atom is -0.396 e. The topological polar surface area (TPSA) is 43.8 Å². The lowest BCUT2D eigenvalue weighted by atomic mass is 10.2. The number of amides is 1. The van der Waals surface area contributed by atoms with Gasteiger partial charge in [-0.2, -0.15) is 11.8 Å². The van der Waals surface area contributed by atoms with Crippen LogP contribution in [0.2, 0.25) is 5.02 Å². The van der Waals surface area contributed by atoms with Gasteiger partial charge in [-0.05, 0) is 29.9 Å². The molecule has 1 aromatic rings. The third-order valence-corrected chi connectivity index (χ3v) is 5.24. The summed E-state index contributed by atoms with van der Waals surface area (Å²) in [7, 11) is 0. The molecule has 0 saturated carbocycles. The van der Waals surface area contributed by atoms with Gasteiger partial charge in [-0.3, -0.25) is 4.79 Å². The summed E-state index contributed by atoms with van der Waals surface area (Å²) in [5, 5.41) is 9.72. The summed E-state index contributed by atoms with van der Waals surface area (Å²) in [6.45, 7) is 5.34. The van der Waals surface area contributed by atoms with Crippen molar-refractivity contribution in [1.29, 1.82) is 0 Å². The number of aliphatic hydroxyl groups is 1. The summed E-state index contributed by atoms with van der Waals surface area (Å²) in [5.41, 5.74) is 1.12. The van der Waals surface area contributed by atoms with E-state index in [1.807, 2.05) is 30.0 Å².